The highest BCUT2D eigenvalue weighted by atomic mass is 35.5. The topological polar surface area (TPSA) is 45.4 Å². The van der Waals surface area contributed by atoms with Gasteiger partial charge in [-0.25, -0.2) is 4.39 Å². The third kappa shape index (κ3) is 4.09. The Morgan fingerprint density at radius 2 is 1.79 bits per heavy atom. The molecule has 1 aliphatic rings. The molecule has 2 heterocycles. The second-order valence-corrected chi connectivity index (χ2v) is 7.41. The van der Waals surface area contributed by atoms with Crippen molar-refractivity contribution in [1.29, 1.82) is 0 Å². The highest BCUT2D eigenvalue weighted by Crippen LogP contribution is 2.26. The van der Waals surface area contributed by atoms with Crippen LogP contribution in [0.15, 0.2) is 52.9 Å². The smallest absolute Gasteiger partial charge is 0.247 e. The largest absolute Gasteiger partial charge is 0.419 e. The summed E-state index contributed by atoms with van der Waals surface area (Å²) in [5.41, 5.74) is 1.48. The van der Waals surface area contributed by atoms with E-state index in [2.05, 4.69) is 26.9 Å². The summed E-state index contributed by atoms with van der Waals surface area (Å²) in [6.45, 7) is 5.94. The van der Waals surface area contributed by atoms with Gasteiger partial charge in [-0.3, -0.25) is 9.80 Å². The maximum Gasteiger partial charge on any atom is 0.247 e. The van der Waals surface area contributed by atoms with E-state index in [4.69, 9.17) is 16.0 Å². The van der Waals surface area contributed by atoms with Gasteiger partial charge in [0.15, 0.2) is 0 Å². The van der Waals surface area contributed by atoms with Crippen LogP contribution in [0.5, 0.6) is 0 Å². The first-order valence-corrected chi connectivity index (χ1v) is 9.78. The molecule has 5 nitrogen and oxygen atoms in total. The molecule has 1 fully saturated rings. The van der Waals surface area contributed by atoms with E-state index < -0.39 is 0 Å². The summed E-state index contributed by atoms with van der Waals surface area (Å²) in [5.74, 6) is 0.905. The monoisotopic (exact) mass is 400 g/mol. The van der Waals surface area contributed by atoms with E-state index in [-0.39, 0.29) is 11.9 Å². The van der Waals surface area contributed by atoms with Crippen molar-refractivity contribution in [3.8, 4) is 11.5 Å². The Bertz CT molecular complexity index is 905. The Morgan fingerprint density at radius 3 is 2.50 bits per heavy atom. The van der Waals surface area contributed by atoms with Gasteiger partial charge in [0.1, 0.15) is 5.82 Å². The summed E-state index contributed by atoms with van der Waals surface area (Å²) >= 11 is 6.16. The molecule has 1 atom stereocenters. The average molecular weight is 401 g/mol. The summed E-state index contributed by atoms with van der Waals surface area (Å²) in [4.78, 5) is 4.53. The lowest BCUT2D eigenvalue weighted by molar-refractivity contribution is 0.0870. The third-order valence-corrected chi connectivity index (χ3v) is 5.57. The lowest BCUT2D eigenvalue weighted by atomic mass is 10.1. The molecule has 1 aliphatic heterocycles. The first-order valence-electron chi connectivity index (χ1n) is 9.40. The Morgan fingerprint density at radius 1 is 1.04 bits per heavy atom. The molecule has 28 heavy (non-hydrogen) atoms. The van der Waals surface area contributed by atoms with E-state index in [9.17, 15) is 4.39 Å². The Balaban J connectivity index is 1.37. The summed E-state index contributed by atoms with van der Waals surface area (Å²) in [6.07, 6.45) is 0. The van der Waals surface area contributed by atoms with Crippen molar-refractivity contribution in [3.05, 3.63) is 70.8 Å². The van der Waals surface area contributed by atoms with Crippen LogP contribution in [-0.4, -0.2) is 46.2 Å². The molecule has 4 rings (SSSR count). The minimum Gasteiger partial charge on any atom is -0.419 e. The molecule has 0 bridgehead atoms. The van der Waals surface area contributed by atoms with Gasteiger partial charge in [-0.15, -0.1) is 10.2 Å². The van der Waals surface area contributed by atoms with E-state index in [1.807, 2.05) is 30.3 Å². The number of hydrogen-bond donors (Lipinski definition) is 0. The number of halogens is 2. The van der Waals surface area contributed by atoms with Gasteiger partial charge in [-0.2, -0.15) is 0 Å². The number of hydrogen-bond acceptors (Lipinski definition) is 5. The van der Waals surface area contributed by atoms with Crippen LogP contribution in [-0.2, 0) is 6.54 Å². The van der Waals surface area contributed by atoms with Crippen LogP contribution in [0.2, 0.25) is 5.02 Å². The van der Waals surface area contributed by atoms with Crippen LogP contribution >= 0.6 is 11.6 Å². The van der Waals surface area contributed by atoms with Crippen LogP contribution in [0.1, 0.15) is 24.4 Å². The summed E-state index contributed by atoms with van der Waals surface area (Å²) < 4.78 is 19.9. The second kappa shape index (κ2) is 8.39. The second-order valence-electron chi connectivity index (χ2n) is 7.00. The molecule has 0 spiro atoms. The van der Waals surface area contributed by atoms with E-state index in [1.54, 1.807) is 12.1 Å². The van der Waals surface area contributed by atoms with Crippen LogP contribution in [0.25, 0.3) is 11.5 Å². The molecule has 1 aromatic heterocycles. The number of nitrogens with zero attached hydrogens (tertiary/aromatic N) is 4. The van der Waals surface area contributed by atoms with Crippen LogP contribution < -0.4 is 0 Å². The van der Waals surface area contributed by atoms with Crippen LogP contribution in [0, 0.1) is 5.82 Å². The van der Waals surface area contributed by atoms with Crippen molar-refractivity contribution in [2.24, 2.45) is 0 Å². The fourth-order valence-corrected chi connectivity index (χ4v) is 3.70. The first kappa shape index (κ1) is 19.1. The molecule has 7 heteroatoms. The average Bonchev–Trinajstić information content (AvgIpc) is 3.22. The van der Waals surface area contributed by atoms with Gasteiger partial charge < -0.3 is 4.42 Å². The minimum atomic E-state index is -0.248. The van der Waals surface area contributed by atoms with Crippen LogP contribution in [0.4, 0.5) is 4.39 Å². The van der Waals surface area contributed by atoms with Crippen LogP contribution in [0.3, 0.4) is 0 Å². The van der Waals surface area contributed by atoms with Crippen molar-refractivity contribution in [2.75, 3.05) is 26.2 Å². The molecule has 1 saturated heterocycles. The Labute approximate surface area is 168 Å². The fraction of sp³-hybridized carbons (Fsp3) is 0.333. The molecule has 1 unspecified atom stereocenters. The molecule has 0 aliphatic carbocycles. The SMILES string of the molecule is CC(c1nnc(-c2ccccc2)o1)N1CCN(Cc2c(F)cccc2Cl)CC1. The van der Waals surface area contributed by atoms with Crippen molar-refractivity contribution < 1.29 is 8.81 Å². The Hall–Kier alpha value is -2.28. The van der Waals surface area contributed by atoms with Crippen molar-refractivity contribution in [1.82, 2.24) is 20.0 Å². The normalized spacial score (nSPS) is 17.0. The maximum absolute atomic E-state index is 14.0. The zero-order valence-corrected chi connectivity index (χ0v) is 16.4. The van der Waals surface area contributed by atoms with Gasteiger partial charge in [-0.1, -0.05) is 35.9 Å². The first-order chi connectivity index (χ1) is 13.6. The molecule has 0 amide bonds. The minimum absolute atomic E-state index is 0.0316. The third-order valence-electron chi connectivity index (χ3n) is 5.22. The molecular weight excluding hydrogens is 379 g/mol. The molecule has 146 valence electrons. The quantitative estimate of drug-likeness (QED) is 0.634. The molecular formula is C21H22ClFN4O. The van der Waals surface area contributed by atoms with Gasteiger partial charge in [0.25, 0.3) is 0 Å². The molecule has 3 aromatic rings. The van der Waals surface area contributed by atoms with E-state index in [0.29, 0.717) is 28.9 Å². The van der Waals surface area contributed by atoms with Gasteiger partial charge in [0, 0.05) is 48.9 Å². The molecule has 0 N–H and O–H groups in total. The van der Waals surface area contributed by atoms with E-state index in [0.717, 1.165) is 31.7 Å². The van der Waals surface area contributed by atoms with E-state index >= 15 is 0 Å². The van der Waals surface area contributed by atoms with Crippen molar-refractivity contribution in [2.45, 2.75) is 19.5 Å². The summed E-state index contributed by atoms with van der Waals surface area (Å²) in [7, 11) is 0. The number of rotatable bonds is 5. The summed E-state index contributed by atoms with van der Waals surface area (Å²) in [6, 6.07) is 14.6. The predicted octanol–water partition coefficient (Wildman–Crippen LogP) is 4.41. The van der Waals surface area contributed by atoms with Gasteiger partial charge in [0.05, 0.1) is 6.04 Å². The van der Waals surface area contributed by atoms with Gasteiger partial charge >= 0.3 is 0 Å². The standard InChI is InChI=1S/C21H22ClFN4O/c1-15(20-24-25-21(28-20)16-6-3-2-4-7-16)27-12-10-26(11-13-27)14-17-18(22)8-5-9-19(17)23/h2-9,15H,10-14H2,1H3. The Kier molecular flexibility index (Phi) is 5.71. The predicted molar refractivity (Wildman–Crippen MR) is 106 cm³/mol. The highest BCUT2D eigenvalue weighted by molar-refractivity contribution is 6.31. The molecule has 0 saturated carbocycles. The highest BCUT2D eigenvalue weighted by Gasteiger charge is 2.26. The van der Waals surface area contributed by atoms with Crippen molar-refractivity contribution in [3.63, 3.8) is 0 Å². The summed E-state index contributed by atoms with van der Waals surface area (Å²) in [5, 5.41) is 8.90. The molecule has 0 radical (unpaired) electrons. The number of piperazine rings is 1. The number of aromatic nitrogens is 2. The zero-order valence-electron chi connectivity index (χ0n) is 15.7. The maximum atomic E-state index is 14.0. The number of benzene rings is 2. The lowest BCUT2D eigenvalue weighted by Gasteiger charge is -2.37. The van der Waals surface area contributed by atoms with Crippen molar-refractivity contribution >= 4 is 11.6 Å². The fourth-order valence-electron chi connectivity index (χ4n) is 3.47. The lowest BCUT2D eigenvalue weighted by Crippen LogP contribution is -2.46. The molecule has 2 aromatic carbocycles. The van der Waals surface area contributed by atoms with Gasteiger partial charge in [0.2, 0.25) is 11.8 Å². The van der Waals surface area contributed by atoms with E-state index in [1.165, 1.54) is 6.07 Å². The zero-order chi connectivity index (χ0) is 19.5. The van der Waals surface area contributed by atoms with Gasteiger partial charge in [-0.05, 0) is 31.2 Å².